The molecule has 0 bridgehead atoms. The van der Waals surface area contributed by atoms with E-state index in [1.54, 1.807) is 10.9 Å². The van der Waals surface area contributed by atoms with Crippen LogP contribution in [0.1, 0.15) is 46.9 Å². The Morgan fingerprint density at radius 2 is 1.88 bits per heavy atom. The van der Waals surface area contributed by atoms with Crippen molar-refractivity contribution in [1.82, 2.24) is 30.0 Å². The minimum absolute atomic E-state index is 0.0247. The Bertz CT molecular complexity index is 1300. The van der Waals surface area contributed by atoms with Crippen LogP contribution >= 0.6 is 0 Å². The molecule has 2 aliphatic rings. The smallest absolute Gasteiger partial charge is 0.272 e. The Morgan fingerprint density at radius 3 is 2.73 bits per heavy atom. The third-order valence-electron chi connectivity index (χ3n) is 6.36. The zero-order chi connectivity index (χ0) is 22.2. The standard InChI is InChI=1S/C25H25N7O/c33-24(28-19-11-14-31(16-19)25-27-13-10-21(29-25)18-8-9-18)22-20-7-4-12-26-23(20)32(30-22)15-17-5-2-1-3-6-17/h1-7,10,12-13,18-19H,8-9,11,14-16H2,(H,28,33). The van der Waals surface area contributed by atoms with Crippen LogP contribution in [-0.2, 0) is 6.54 Å². The summed E-state index contributed by atoms with van der Waals surface area (Å²) in [7, 11) is 0. The maximum atomic E-state index is 13.2. The van der Waals surface area contributed by atoms with Crippen LogP contribution in [0.2, 0.25) is 0 Å². The number of anilines is 1. The fourth-order valence-corrected chi connectivity index (χ4v) is 4.48. The van der Waals surface area contributed by atoms with E-state index in [0.29, 0.717) is 30.3 Å². The van der Waals surface area contributed by atoms with E-state index < -0.39 is 0 Å². The van der Waals surface area contributed by atoms with Gasteiger partial charge in [-0.05, 0) is 43.0 Å². The normalized spacial score (nSPS) is 18.1. The Kier molecular flexibility index (Phi) is 4.97. The number of pyridine rings is 1. The highest BCUT2D eigenvalue weighted by molar-refractivity contribution is 6.04. The lowest BCUT2D eigenvalue weighted by molar-refractivity contribution is 0.0936. The molecule has 1 amide bonds. The first-order valence-electron chi connectivity index (χ1n) is 11.5. The molecule has 0 spiro atoms. The second-order valence-electron chi connectivity index (χ2n) is 8.83. The molecule has 4 aromatic rings. The molecule has 0 radical (unpaired) electrons. The topological polar surface area (TPSA) is 88.8 Å². The van der Waals surface area contributed by atoms with E-state index in [9.17, 15) is 4.79 Å². The maximum absolute atomic E-state index is 13.2. The fourth-order valence-electron chi connectivity index (χ4n) is 4.48. The molecule has 4 heterocycles. The van der Waals surface area contributed by atoms with Gasteiger partial charge in [0.15, 0.2) is 11.3 Å². The molecule has 8 nitrogen and oxygen atoms in total. The molecule has 1 aliphatic heterocycles. The van der Waals surface area contributed by atoms with Crippen LogP contribution < -0.4 is 10.2 Å². The van der Waals surface area contributed by atoms with Crippen molar-refractivity contribution in [1.29, 1.82) is 0 Å². The van der Waals surface area contributed by atoms with Crippen molar-refractivity contribution in [3.63, 3.8) is 0 Å². The molecule has 1 aromatic carbocycles. The van der Waals surface area contributed by atoms with Gasteiger partial charge in [0.05, 0.1) is 11.9 Å². The molecule has 1 saturated heterocycles. The van der Waals surface area contributed by atoms with Gasteiger partial charge in [0.25, 0.3) is 5.91 Å². The number of aromatic nitrogens is 5. The van der Waals surface area contributed by atoms with Crippen LogP contribution in [0.5, 0.6) is 0 Å². The molecular weight excluding hydrogens is 414 g/mol. The van der Waals surface area contributed by atoms with Gasteiger partial charge in [-0.2, -0.15) is 5.10 Å². The summed E-state index contributed by atoms with van der Waals surface area (Å²) in [6.07, 6.45) is 6.87. The number of amides is 1. The van der Waals surface area contributed by atoms with Crippen molar-refractivity contribution in [3.8, 4) is 0 Å². The summed E-state index contributed by atoms with van der Waals surface area (Å²) in [5.41, 5.74) is 3.37. The molecule has 6 rings (SSSR count). The average Bonchev–Trinajstić information content (AvgIpc) is 3.51. The molecule has 1 N–H and O–H groups in total. The monoisotopic (exact) mass is 439 g/mol. The van der Waals surface area contributed by atoms with Crippen molar-refractivity contribution in [2.24, 2.45) is 0 Å². The van der Waals surface area contributed by atoms with Gasteiger partial charge < -0.3 is 10.2 Å². The highest BCUT2D eigenvalue weighted by Crippen LogP contribution is 2.39. The molecule has 33 heavy (non-hydrogen) atoms. The Hall–Kier alpha value is -3.81. The summed E-state index contributed by atoms with van der Waals surface area (Å²) in [6.45, 7) is 2.08. The summed E-state index contributed by atoms with van der Waals surface area (Å²) in [6, 6.07) is 15.9. The van der Waals surface area contributed by atoms with E-state index in [2.05, 4.69) is 25.3 Å². The van der Waals surface area contributed by atoms with Crippen LogP contribution in [0.4, 0.5) is 5.95 Å². The first kappa shape index (κ1) is 19.8. The first-order valence-corrected chi connectivity index (χ1v) is 11.5. The van der Waals surface area contributed by atoms with Crippen molar-refractivity contribution in [3.05, 3.63) is 77.9 Å². The van der Waals surface area contributed by atoms with Crippen molar-refractivity contribution in [2.45, 2.75) is 37.8 Å². The van der Waals surface area contributed by atoms with E-state index in [4.69, 9.17) is 4.98 Å². The fraction of sp³-hybridized carbons (Fsp3) is 0.320. The highest BCUT2D eigenvalue weighted by Gasteiger charge is 2.30. The van der Waals surface area contributed by atoms with Crippen LogP contribution in [0.3, 0.4) is 0 Å². The number of benzene rings is 1. The first-order chi connectivity index (χ1) is 16.2. The largest absolute Gasteiger partial charge is 0.346 e. The number of rotatable bonds is 6. The van der Waals surface area contributed by atoms with E-state index in [1.165, 1.54) is 12.8 Å². The maximum Gasteiger partial charge on any atom is 0.272 e. The number of nitrogens with one attached hydrogen (secondary N) is 1. The number of hydrogen-bond donors (Lipinski definition) is 1. The van der Waals surface area contributed by atoms with E-state index in [1.807, 2.05) is 54.7 Å². The van der Waals surface area contributed by atoms with E-state index in [0.717, 1.165) is 35.6 Å². The van der Waals surface area contributed by atoms with Gasteiger partial charge >= 0.3 is 0 Å². The molecule has 1 aliphatic carbocycles. The third-order valence-corrected chi connectivity index (χ3v) is 6.36. The molecule has 3 aromatic heterocycles. The quantitative estimate of drug-likeness (QED) is 0.497. The number of nitrogens with zero attached hydrogens (tertiary/aromatic N) is 6. The van der Waals surface area contributed by atoms with Gasteiger partial charge in [-0.15, -0.1) is 0 Å². The van der Waals surface area contributed by atoms with Gasteiger partial charge in [-0.1, -0.05) is 30.3 Å². The zero-order valence-electron chi connectivity index (χ0n) is 18.3. The minimum Gasteiger partial charge on any atom is -0.346 e. The second-order valence-corrected chi connectivity index (χ2v) is 8.83. The summed E-state index contributed by atoms with van der Waals surface area (Å²) in [5, 5.41) is 8.58. The SMILES string of the molecule is O=C(NC1CCN(c2nccc(C3CC3)n2)C1)c1nn(Cc2ccccc2)c2ncccc12. The molecule has 166 valence electrons. The zero-order valence-corrected chi connectivity index (χ0v) is 18.3. The van der Waals surface area contributed by atoms with Gasteiger partial charge in [-0.3, -0.25) is 4.79 Å². The predicted octanol–water partition coefficient (Wildman–Crippen LogP) is 3.16. The van der Waals surface area contributed by atoms with Gasteiger partial charge in [-0.25, -0.2) is 19.6 Å². The van der Waals surface area contributed by atoms with E-state index >= 15 is 0 Å². The third kappa shape index (κ3) is 4.04. The number of carbonyl (C=O) groups is 1. The van der Waals surface area contributed by atoms with Crippen LogP contribution in [0, 0.1) is 0 Å². The Morgan fingerprint density at radius 1 is 1.00 bits per heavy atom. The molecule has 8 heteroatoms. The van der Waals surface area contributed by atoms with Crippen molar-refractivity contribution in [2.75, 3.05) is 18.0 Å². The highest BCUT2D eigenvalue weighted by atomic mass is 16.2. The van der Waals surface area contributed by atoms with Gasteiger partial charge in [0.2, 0.25) is 5.95 Å². The average molecular weight is 440 g/mol. The van der Waals surface area contributed by atoms with Crippen molar-refractivity contribution >= 4 is 22.9 Å². The predicted molar refractivity (Wildman–Crippen MR) is 125 cm³/mol. The lowest BCUT2D eigenvalue weighted by atomic mass is 10.2. The Balaban J connectivity index is 1.18. The molecule has 1 atom stereocenters. The minimum atomic E-state index is -0.167. The Labute approximate surface area is 191 Å². The lowest BCUT2D eigenvalue weighted by Crippen LogP contribution is -2.37. The van der Waals surface area contributed by atoms with Crippen molar-refractivity contribution < 1.29 is 4.79 Å². The summed E-state index contributed by atoms with van der Waals surface area (Å²) in [4.78, 5) is 29.1. The van der Waals surface area contributed by atoms with Crippen LogP contribution in [0.25, 0.3) is 11.0 Å². The number of fused-ring (bicyclic) bond motifs is 1. The summed E-state index contributed by atoms with van der Waals surface area (Å²) < 4.78 is 1.80. The molecular formula is C25H25N7O. The summed E-state index contributed by atoms with van der Waals surface area (Å²) in [5.74, 6) is 1.19. The number of hydrogen-bond acceptors (Lipinski definition) is 6. The molecule has 1 unspecified atom stereocenters. The van der Waals surface area contributed by atoms with Crippen LogP contribution in [0.15, 0.2) is 60.9 Å². The second kappa shape index (κ2) is 8.27. The summed E-state index contributed by atoms with van der Waals surface area (Å²) >= 11 is 0. The van der Waals surface area contributed by atoms with Crippen LogP contribution in [-0.4, -0.2) is 49.8 Å². The molecule has 1 saturated carbocycles. The van der Waals surface area contributed by atoms with Gasteiger partial charge in [0, 0.05) is 43.1 Å². The van der Waals surface area contributed by atoms with E-state index in [-0.39, 0.29) is 11.9 Å². The molecule has 2 fully saturated rings. The number of carbonyl (C=O) groups excluding carboxylic acids is 1. The lowest BCUT2D eigenvalue weighted by Gasteiger charge is -2.17. The van der Waals surface area contributed by atoms with Gasteiger partial charge in [0.1, 0.15) is 0 Å².